The van der Waals surface area contributed by atoms with Gasteiger partial charge in [-0.15, -0.1) is 0 Å². The third-order valence-corrected chi connectivity index (χ3v) is 2.83. The molecule has 1 fully saturated rings. The molecule has 4 unspecified atom stereocenters. The second-order valence-corrected chi connectivity index (χ2v) is 3.50. The summed E-state index contributed by atoms with van der Waals surface area (Å²) in [6.45, 7) is 0. The summed E-state index contributed by atoms with van der Waals surface area (Å²) in [5, 5.41) is 37.5. The second kappa shape index (κ2) is 2.53. The highest BCUT2D eigenvalue weighted by molar-refractivity contribution is 5.17. The van der Waals surface area contributed by atoms with E-state index in [1.54, 1.807) is 12.2 Å². The van der Waals surface area contributed by atoms with E-state index in [2.05, 4.69) is 0 Å². The van der Waals surface area contributed by atoms with Crippen molar-refractivity contribution in [2.75, 3.05) is 0 Å². The molecule has 0 saturated heterocycles. The molecule has 3 rings (SSSR count). The minimum Gasteiger partial charge on any atom is -0.390 e. The van der Waals surface area contributed by atoms with Crippen molar-refractivity contribution in [1.82, 2.24) is 0 Å². The molecule has 1 saturated carbocycles. The normalized spacial score (nSPS) is 57.7. The lowest BCUT2D eigenvalue weighted by atomic mass is 9.68. The topological polar surface area (TPSA) is 80.9 Å². The summed E-state index contributed by atoms with van der Waals surface area (Å²) in [6.07, 6.45) is -0.479. The Balaban J connectivity index is 2.32. The van der Waals surface area contributed by atoms with Gasteiger partial charge in [0, 0.05) is 11.8 Å². The van der Waals surface area contributed by atoms with E-state index in [1.807, 2.05) is 0 Å². The van der Waals surface area contributed by atoms with Gasteiger partial charge in [0.2, 0.25) is 0 Å². The van der Waals surface area contributed by atoms with Crippen LogP contribution in [0.15, 0.2) is 12.2 Å². The van der Waals surface area contributed by atoms with Gasteiger partial charge in [-0.3, -0.25) is 0 Å². The van der Waals surface area contributed by atoms with Crippen molar-refractivity contribution in [2.24, 2.45) is 11.8 Å². The fourth-order valence-electron chi connectivity index (χ4n) is 2.03. The van der Waals surface area contributed by atoms with Crippen LogP contribution in [0.25, 0.3) is 0 Å². The van der Waals surface area contributed by atoms with Gasteiger partial charge in [-0.05, 0) is 0 Å². The minimum atomic E-state index is -0.946. The molecule has 4 atom stereocenters. The molecule has 68 valence electrons. The van der Waals surface area contributed by atoms with Crippen molar-refractivity contribution >= 4 is 0 Å². The zero-order chi connectivity index (χ0) is 8.88. The molecule has 12 heavy (non-hydrogen) atoms. The van der Waals surface area contributed by atoms with Crippen molar-refractivity contribution in [3.63, 3.8) is 0 Å². The first-order valence-corrected chi connectivity index (χ1v) is 4.03. The largest absolute Gasteiger partial charge is 0.390 e. The number of hydrogen-bond acceptors (Lipinski definition) is 4. The summed E-state index contributed by atoms with van der Waals surface area (Å²) in [7, 11) is 0. The molecule has 0 aromatic carbocycles. The maximum Gasteiger partial charge on any atom is 0.0894 e. The van der Waals surface area contributed by atoms with Crippen LogP contribution in [0, 0.1) is 11.8 Å². The van der Waals surface area contributed by atoms with E-state index in [0.29, 0.717) is 0 Å². The molecule has 0 amide bonds. The van der Waals surface area contributed by atoms with Crippen molar-refractivity contribution in [3.8, 4) is 0 Å². The van der Waals surface area contributed by atoms with E-state index < -0.39 is 36.3 Å². The Morgan fingerprint density at radius 2 is 0.833 bits per heavy atom. The van der Waals surface area contributed by atoms with E-state index in [9.17, 15) is 20.4 Å². The third-order valence-electron chi connectivity index (χ3n) is 2.83. The van der Waals surface area contributed by atoms with Gasteiger partial charge in [-0.1, -0.05) is 12.2 Å². The van der Waals surface area contributed by atoms with E-state index in [-0.39, 0.29) is 0 Å². The summed E-state index contributed by atoms with van der Waals surface area (Å²) in [5.74, 6) is -1.06. The SMILES string of the molecule is OC1C(O)C2C=CC1C(O)C2O. The first-order chi connectivity index (χ1) is 5.63. The van der Waals surface area contributed by atoms with Crippen LogP contribution in [0.5, 0.6) is 0 Å². The van der Waals surface area contributed by atoms with Crippen LogP contribution in [0.1, 0.15) is 0 Å². The van der Waals surface area contributed by atoms with Gasteiger partial charge in [-0.2, -0.15) is 0 Å². The lowest BCUT2D eigenvalue weighted by Gasteiger charge is -2.45. The van der Waals surface area contributed by atoms with Gasteiger partial charge in [0.05, 0.1) is 24.4 Å². The van der Waals surface area contributed by atoms with Crippen LogP contribution in [0.3, 0.4) is 0 Å². The highest BCUT2D eigenvalue weighted by Gasteiger charge is 2.49. The molecule has 0 aromatic heterocycles. The zero-order valence-corrected chi connectivity index (χ0v) is 6.41. The lowest BCUT2D eigenvalue weighted by Crippen LogP contribution is -2.59. The molecule has 0 heterocycles. The predicted octanol–water partition coefficient (Wildman–Crippen LogP) is -1.75. The predicted molar refractivity (Wildman–Crippen MR) is 40.1 cm³/mol. The molecule has 0 radical (unpaired) electrons. The van der Waals surface area contributed by atoms with Crippen molar-refractivity contribution < 1.29 is 20.4 Å². The molecular weight excluding hydrogens is 160 g/mol. The van der Waals surface area contributed by atoms with E-state index in [1.165, 1.54) is 0 Å². The molecule has 4 nitrogen and oxygen atoms in total. The van der Waals surface area contributed by atoms with Gasteiger partial charge in [-0.25, -0.2) is 0 Å². The van der Waals surface area contributed by atoms with Gasteiger partial charge in [0.25, 0.3) is 0 Å². The molecule has 0 aromatic rings. The first-order valence-electron chi connectivity index (χ1n) is 4.03. The molecule has 4 heteroatoms. The van der Waals surface area contributed by atoms with Gasteiger partial charge < -0.3 is 20.4 Å². The highest BCUT2D eigenvalue weighted by Crippen LogP contribution is 2.36. The number of hydrogen-bond donors (Lipinski definition) is 4. The molecule has 0 aliphatic heterocycles. The summed E-state index contributed by atoms with van der Waals surface area (Å²) in [5.41, 5.74) is 0. The van der Waals surface area contributed by atoms with Crippen LogP contribution in [-0.2, 0) is 0 Å². The van der Waals surface area contributed by atoms with Gasteiger partial charge in [0.1, 0.15) is 0 Å². The van der Waals surface area contributed by atoms with Crippen LogP contribution in [-0.4, -0.2) is 44.8 Å². The number of aliphatic hydroxyl groups is 4. The van der Waals surface area contributed by atoms with Crippen LogP contribution >= 0.6 is 0 Å². The summed E-state index contributed by atoms with van der Waals surface area (Å²) in [4.78, 5) is 0. The summed E-state index contributed by atoms with van der Waals surface area (Å²) >= 11 is 0. The minimum absolute atomic E-state index is 0.528. The molecule has 3 aliphatic carbocycles. The Morgan fingerprint density at radius 1 is 0.583 bits per heavy atom. The van der Waals surface area contributed by atoms with E-state index in [4.69, 9.17) is 0 Å². The van der Waals surface area contributed by atoms with Gasteiger partial charge in [0.15, 0.2) is 0 Å². The average molecular weight is 172 g/mol. The van der Waals surface area contributed by atoms with Crippen LogP contribution in [0.4, 0.5) is 0 Å². The van der Waals surface area contributed by atoms with E-state index in [0.717, 1.165) is 0 Å². The highest BCUT2D eigenvalue weighted by atomic mass is 16.4. The maximum absolute atomic E-state index is 9.38. The van der Waals surface area contributed by atoms with Crippen molar-refractivity contribution in [2.45, 2.75) is 24.4 Å². The van der Waals surface area contributed by atoms with Crippen molar-refractivity contribution in [3.05, 3.63) is 12.2 Å². The Hall–Kier alpha value is -0.420. The number of aliphatic hydroxyl groups excluding tert-OH is 4. The van der Waals surface area contributed by atoms with Crippen LogP contribution < -0.4 is 0 Å². The maximum atomic E-state index is 9.38. The molecule has 4 N–H and O–H groups in total. The summed E-state index contributed by atoms with van der Waals surface area (Å²) < 4.78 is 0. The van der Waals surface area contributed by atoms with Crippen molar-refractivity contribution in [1.29, 1.82) is 0 Å². The first kappa shape index (κ1) is 8.19. The smallest absolute Gasteiger partial charge is 0.0894 e. The third kappa shape index (κ3) is 0.863. The zero-order valence-electron chi connectivity index (χ0n) is 6.41. The Labute approximate surface area is 69.8 Å². The molecular formula is C8H12O4. The monoisotopic (exact) mass is 172 g/mol. The second-order valence-electron chi connectivity index (χ2n) is 3.50. The Bertz CT molecular complexity index is 177. The Kier molecular flexibility index (Phi) is 1.73. The molecule has 0 spiro atoms. The van der Waals surface area contributed by atoms with E-state index >= 15 is 0 Å². The molecule has 2 bridgehead atoms. The van der Waals surface area contributed by atoms with Crippen LogP contribution in [0.2, 0.25) is 0 Å². The molecule has 3 aliphatic rings. The standard InChI is InChI=1S/C8H12O4/c9-5-3-1-2-4(7(5)11)8(12)6(3)10/h1-12H. The quantitative estimate of drug-likeness (QED) is 0.326. The number of fused-ring (bicyclic) bond motifs is 2. The fourth-order valence-corrected chi connectivity index (χ4v) is 2.03. The lowest BCUT2D eigenvalue weighted by molar-refractivity contribution is -0.164. The average Bonchev–Trinajstić information content (AvgIpc) is 2.05. The van der Waals surface area contributed by atoms with Gasteiger partial charge >= 0.3 is 0 Å². The fraction of sp³-hybridized carbons (Fsp3) is 0.750. The Morgan fingerprint density at radius 3 is 1.08 bits per heavy atom. The summed E-state index contributed by atoms with van der Waals surface area (Å²) in [6, 6.07) is 0. The number of rotatable bonds is 0.